The van der Waals surface area contributed by atoms with E-state index in [1.807, 2.05) is 0 Å². The van der Waals surface area contributed by atoms with E-state index in [9.17, 15) is 0 Å². The number of hydrogen-bond acceptors (Lipinski definition) is 1. The second kappa shape index (κ2) is 4.85. The zero-order chi connectivity index (χ0) is 11.6. The fraction of sp³-hybridized carbons (Fsp3) is 0.231. The molecule has 1 aliphatic carbocycles. The maximum absolute atomic E-state index is 3.73. The van der Waals surface area contributed by atoms with Crippen LogP contribution in [-0.2, 0) is 24.7 Å². The van der Waals surface area contributed by atoms with Crippen molar-refractivity contribution in [2.45, 2.75) is 19.5 Å². The van der Waals surface area contributed by atoms with E-state index < -0.39 is 8.24 Å². The van der Waals surface area contributed by atoms with Crippen LogP contribution in [0.15, 0.2) is 51.0 Å². The van der Waals surface area contributed by atoms with Crippen molar-refractivity contribution >= 4 is 13.9 Å². The molecule has 1 nitrogen and oxygen atoms in total. The second-order valence-electron chi connectivity index (χ2n) is 4.61. The van der Waals surface area contributed by atoms with Crippen LogP contribution in [0, 0.1) is 0 Å². The first-order valence-corrected chi connectivity index (χ1v) is 9.77. The molecule has 0 unspecified atom stereocenters. The zero-order valence-corrected chi connectivity index (χ0v) is 13.2. The summed E-state index contributed by atoms with van der Waals surface area (Å²) in [7, 11) is -1.51. The summed E-state index contributed by atoms with van der Waals surface area (Å²) in [4.78, 5) is 3.73. The van der Waals surface area contributed by atoms with E-state index in [4.69, 9.17) is 0 Å². The Morgan fingerprint density at radius 1 is 1.19 bits per heavy atom. The summed E-state index contributed by atoms with van der Waals surface area (Å²) in [5.41, 5.74) is 1.25. The van der Waals surface area contributed by atoms with Gasteiger partial charge in [-0.2, -0.15) is 0 Å². The molecule has 0 aromatic heterocycles. The molecule has 0 amide bonds. The van der Waals surface area contributed by atoms with Crippen LogP contribution in [0.3, 0.4) is 0 Å². The summed E-state index contributed by atoms with van der Waals surface area (Å²) < 4.78 is 1.62. The van der Waals surface area contributed by atoms with E-state index in [0.717, 1.165) is 0 Å². The molecule has 81 valence electrons. The number of nitrogens with one attached hydrogen (secondary N) is 1. The standard InChI is InChI=1S/C13H16NSi.Zr/c1-15(2,13-10-6-7-11-13)14-12-8-4-3-5-9-12;/h3-6,8-10,14H,7H2,1-2H3;. The Balaban J connectivity index is 2.21. The molecule has 0 heterocycles. The predicted molar refractivity (Wildman–Crippen MR) is 68.3 cm³/mol. The predicted octanol–water partition coefficient (Wildman–Crippen LogP) is 3.60. The van der Waals surface area contributed by atoms with Gasteiger partial charge in [0.05, 0.1) is 0 Å². The van der Waals surface area contributed by atoms with Crippen LogP contribution >= 0.6 is 0 Å². The third-order valence-electron chi connectivity index (χ3n) is 2.84. The normalized spacial score (nSPS) is 15.6. The van der Waals surface area contributed by atoms with Crippen molar-refractivity contribution in [3.05, 3.63) is 51.0 Å². The Morgan fingerprint density at radius 3 is 2.44 bits per heavy atom. The van der Waals surface area contributed by atoms with Crippen LogP contribution in [0.4, 0.5) is 5.69 Å². The molecule has 2 rings (SSSR count). The molecule has 1 aromatic carbocycles. The maximum atomic E-state index is 3.73. The number of allylic oxidation sites excluding steroid dienone is 4. The molecule has 1 N–H and O–H groups in total. The van der Waals surface area contributed by atoms with E-state index in [2.05, 4.69) is 60.6 Å². The summed E-state index contributed by atoms with van der Waals surface area (Å²) in [6.07, 6.45) is 5.79. The third-order valence-corrected chi connectivity index (χ3v) is 7.34. The average molecular weight is 306 g/mol. The Bertz CT molecular complexity index is 435. The van der Waals surface area contributed by atoms with Crippen molar-refractivity contribution in [3.63, 3.8) is 0 Å². The van der Waals surface area contributed by atoms with Gasteiger partial charge in [-0.15, -0.1) is 0 Å². The summed E-state index contributed by atoms with van der Waals surface area (Å²) in [5.74, 6) is 0. The fourth-order valence-electron chi connectivity index (χ4n) is 2.04. The number of rotatable bonds is 3. The molecule has 3 heteroatoms. The van der Waals surface area contributed by atoms with Gasteiger partial charge in [-0.25, -0.2) is 0 Å². The van der Waals surface area contributed by atoms with E-state index in [1.54, 1.807) is 33.2 Å². The number of hydrogen-bond donors (Lipinski definition) is 1. The van der Waals surface area contributed by atoms with Crippen molar-refractivity contribution in [3.8, 4) is 0 Å². The third kappa shape index (κ3) is 2.64. The van der Waals surface area contributed by atoms with Gasteiger partial charge >= 0.3 is 114 Å². The van der Waals surface area contributed by atoms with E-state index in [1.165, 1.54) is 12.1 Å². The van der Waals surface area contributed by atoms with E-state index >= 15 is 0 Å². The molecule has 1 aliphatic rings. The number of anilines is 1. The molecule has 0 bridgehead atoms. The van der Waals surface area contributed by atoms with Gasteiger partial charge in [-0.1, -0.05) is 0 Å². The van der Waals surface area contributed by atoms with E-state index in [-0.39, 0.29) is 0 Å². The second-order valence-corrected chi connectivity index (χ2v) is 10.1. The Morgan fingerprint density at radius 2 is 1.88 bits per heavy atom. The van der Waals surface area contributed by atoms with Gasteiger partial charge in [0.25, 0.3) is 0 Å². The minimum absolute atomic E-state index is 1.17. The van der Waals surface area contributed by atoms with Crippen LogP contribution in [0.25, 0.3) is 0 Å². The van der Waals surface area contributed by atoms with Gasteiger partial charge in [0, 0.05) is 0 Å². The first kappa shape index (κ1) is 12.1. The Kier molecular flexibility index (Phi) is 3.66. The van der Waals surface area contributed by atoms with Crippen molar-refractivity contribution in [2.75, 3.05) is 4.98 Å². The number of para-hydroxylation sites is 1. The summed E-state index contributed by atoms with van der Waals surface area (Å²) in [6.45, 7) is 4.77. The molecule has 1 aromatic rings. The van der Waals surface area contributed by atoms with Crippen LogP contribution in [0.5, 0.6) is 0 Å². The summed E-state index contributed by atoms with van der Waals surface area (Å²) >= 11 is 1.57. The van der Waals surface area contributed by atoms with Crippen LogP contribution in [0.2, 0.25) is 13.1 Å². The summed E-state index contributed by atoms with van der Waals surface area (Å²) in [5, 5.41) is 1.59. The minimum atomic E-state index is -1.51. The first-order chi connectivity index (χ1) is 7.59. The monoisotopic (exact) mass is 304 g/mol. The van der Waals surface area contributed by atoms with Gasteiger partial charge in [0.1, 0.15) is 0 Å². The SMILES string of the molecule is C[Si](C)(Nc1ccccc1)C1=[C]([Zr])CC=C1. The van der Waals surface area contributed by atoms with Crippen molar-refractivity contribution < 1.29 is 24.7 Å². The van der Waals surface area contributed by atoms with Crippen molar-refractivity contribution in [1.82, 2.24) is 0 Å². The molecule has 0 radical (unpaired) electrons. The topological polar surface area (TPSA) is 12.0 Å². The molecule has 0 saturated carbocycles. The number of benzene rings is 1. The molecule has 0 aliphatic heterocycles. The molecular weight excluding hydrogens is 289 g/mol. The molecule has 0 atom stereocenters. The van der Waals surface area contributed by atoms with Gasteiger partial charge in [0.15, 0.2) is 0 Å². The first-order valence-electron chi connectivity index (χ1n) is 5.54. The Labute approximate surface area is 114 Å². The van der Waals surface area contributed by atoms with Gasteiger partial charge < -0.3 is 0 Å². The quantitative estimate of drug-likeness (QED) is 0.841. The zero-order valence-electron chi connectivity index (χ0n) is 9.75. The molecule has 16 heavy (non-hydrogen) atoms. The van der Waals surface area contributed by atoms with Crippen LogP contribution in [0.1, 0.15) is 6.42 Å². The van der Waals surface area contributed by atoms with E-state index in [0.29, 0.717) is 0 Å². The average Bonchev–Trinajstić information content (AvgIpc) is 2.66. The van der Waals surface area contributed by atoms with Crippen molar-refractivity contribution in [1.29, 1.82) is 0 Å². The van der Waals surface area contributed by atoms with Crippen LogP contribution < -0.4 is 4.98 Å². The van der Waals surface area contributed by atoms with Gasteiger partial charge in [0.2, 0.25) is 0 Å². The fourth-order valence-corrected chi connectivity index (χ4v) is 7.25. The Hall–Kier alpha value is -0.400. The molecule has 0 spiro atoms. The van der Waals surface area contributed by atoms with Crippen molar-refractivity contribution in [2.24, 2.45) is 0 Å². The van der Waals surface area contributed by atoms with Gasteiger partial charge in [-0.05, 0) is 0 Å². The van der Waals surface area contributed by atoms with Crippen LogP contribution in [-0.4, -0.2) is 8.24 Å². The van der Waals surface area contributed by atoms with Gasteiger partial charge in [-0.3, -0.25) is 0 Å². The molecular formula is C13H16NSiZr. The summed E-state index contributed by atoms with van der Waals surface area (Å²) in [6, 6.07) is 10.5. The molecule has 0 saturated heterocycles. The molecule has 0 fully saturated rings.